The summed E-state index contributed by atoms with van der Waals surface area (Å²) in [5, 5.41) is 11.3. The van der Waals surface area contributed by atoms with Gasteiger partial charge in [0.25, 0.3) is 0 Å². The van der Waals surface area contributed by atoms with Crippen molar-refractivity contribution in [1.82, 2.24) is 0 Å². The maximum Gasteiger partial charge on any atom is 0.0911 e. The molecule has 2 atom stereocenters. The highest BCUT2D eigenvalue weighted by Crippen LogP contribution is 2.37. The van der Waals surface area contributed by atoms with Crippen LogP contribution in [-0.2, 0) is 5.60 Å². The molecule has 0 aromatic heterocycles. The minimum absolute atomic E-state index is 0.0961. The van der Waals surface area contributed by atoms with Crippen molar-refractivity contribution in [1.29, 1.82) is 0 Å². The first kappa shape index (κ1) is 11.9. The number of hydrogen-bond donors (Lipinski definition) is 2. The number of hydrogen-bond acceptors (Lipinski definition) is 2. The van der Waals surface area contributed by atoms with Crippen LogP contribution in [0, 0.1) is 6.92 Å². The third kappa shape index (κ3) is 2.24. The highest BCUT2D eigenvalue weighted by Gasteiger charge is 2.34. The summed E-state index contributed by atoms with van der Waals surface area (Å²) in [7, 11) is 0. The number of rotatable bonds is 1. The zero-order valence-electron chi connectivity index (χ0n) is 9.54. The second-order valence-corrected chi connectivity index (χ2v) is 5.26. The zero-order valence-corrected chi connectivity index (χ0v) is 10.3. The van der Waals surface area contributed by atoms with E-state index in [-0.39, 0.29) is 6.04 Å². The van der Waals surface area contributed by atoms with Crippen molar-refractivity contribution in [2.24, 2.45) is 5.73 Å². The van der Waals surface area contributed by atoms with E-state index in [0.717, 1.165) is 30.4 Å². The van der Waals surface area contributed by atoms with Gasteiger partial charge in [-0.2, -0.15) is 0 Å². The van der Waals surface area contributed by atoms with Crippen LogP contribution >= 0.6 is 11.6 Å². The van der Waals surface area contributed by atoms with Crippen LogP contribution in [0.3, 0.4) is 0 Å². The highest BCUT2D eigenvalue weighted by atomic mass is 35.5. The predicted molar refractivity (Wildman–Crippen MR) is 66.5 cm³/mol. The van der Waals surface area contributed by atoms with Crippen molar-refractivity contribution in [2.45, 2.75) is 44.2 Å². The van der Waals surface area contributed by atoms with Crippen molar-refractivity contribution >= 4 is 11.6 Å². The SMILES string of the molecule is Cc1ccc(C2(O)CCCC(N)C2)cc1Cl. The van der Waals surface area contributed by atoms with E-state index >= 15 is 0 Å². The third-order valence-electron chi connectivity index (χ3n) is 3.47. The number of halogens is 1. The van der Waals surface area contributed by atoms with Gasteiger partial charge in [-0.15, -0.1) is 0 Å². The van der Waals surface area contributed by atoms with E-state index < -0.39 is 5.60 Å². The Balaban J connectivity index is 2.31. The first-order valence-electron chi connectivity index (χ1n) is 5.76. The molecule has 1 aromatic carbocycles. The molecule has 0 bridgehead atoms. The van der Waals surface area contributed by atoms with Crippen LogP contribution < -0.4 is 5.73 Å². The fourth-order valence-corrected chi connectivity index (χ4v) is 2.62. The van der Waals surface area contributed by atoms with E-state index in [0.29, 0.717) is 11.4 Å². The molecule has 2 nitrogen and oxygen atoms in total. The van der Waals surface area contributed by atoms with Crippen molar-refractivity contribution in [3.05, 3.63) is 34.3 Å². The Morgan fingerprint density at radius 1 is 1.50 bits per heavy atom. The van der Waals surface area contributed by atoms with E-state index in [4.69, 9.17) is 17.3 Å². The molecular weight excluding hydrogens is 222 g/mol. The van der Waals surface area contributed by atoms with Gasteiger partial charge in [-0.25, -0.2) is 0 Å². The summed E-state index contributed by atoms with van der Waals surface area (Å²) in [6, 6.07) is 5.88. The molecule has 0 spiro atoms. The lowest BCUT2D eigenvalue weighted by Gasteiger charge is -2.36. The van der Waals surface area contributed by atoms with Crippen LogP contribution in [0.5, 0.6) is 0 Å². The fourth-order valence-electron chi connectivity index (χ4n) is 2.44. The van der Waals surface area contributed by atoms with E-state index in [1.807, 2.05) is 25.1 Å². The lowest BCUT2D eigenvalue weighted by molar-refractivity contribution is -0.00716. The Hall–Kier alpha value is -0.570. The second kappa shape index (κ2) is 4.36. The molecular formula is C13H18ClNO. The molecule has 2 unspecified atom stereocenters. The van der Waals surface area contributed by atoms with E-state index in [9.17, 15) is 5.11 Å². The highest BCUT2D eigenvalue weighted by molar-refractivity contribution is 6.31. The van der Waals surface area contributed by atoms with E-state index in [1.165, 1.54) is 0 Å². The summed E-state index contributed by atoms with van der Waals surface area (Å²) in [4.78, 5) is 0. The minimum atomic E-state index is -0.783. The zero-order chi connectivity index (χ0) is 11.8. The summed E-state index contributed by atoms with van der Waals surface area (Å²) in [6.45, 7) is 1.96. The topological polar surface area (TPSA) is 46.2 Å². The summed E-state index contributed by atoms with van der Waals surface area (Å²) in [5.74, 6) is 0. The van der Waals surface area contributed by atoms with Gasteiger partial charge in [-0.05, 0) is 49.8 Å². The van der Waals surface area contributed by atoms with Gasteiger partial charge in [0.2, 0.25) is 0 Å². The molecule has 2 rings (SSSR count). The first-order chi connectivity index (χ1) is 7.51. The molecule has 1 fully saturated rings. The molecule has 3 N–H and O–H groups in total. The summed E-state index contributed by atoms with van der Waals surface area (Å²) in [6.07, 6.45) is 3.39. The van der Waals surface area contributed by atoms with Crippen LogP contribution in [0.15, 0.2) is 18.2 Å². The summed E-state index contributed by atoms with van der Waals surface area (Å²) >= 11 is 6.09. The maximum absolute atomic E-state index is 10.6. The summed E-state index contributed by atoms with van der Waals surface area (Å²) < 4.78 is 0. The van der Waals surface area contributed by atoms with Crippen molar-refractivity contribution in [2.75, 3.05) is 0 Å². The van der Waals surface area contributed by atoms with Crippen LogP contribution in [0.4, 0.5) is 0 Å². The summed E-state index contributed by atoms with van der Waals surface area (Å²) in [5.41, 5.74) is 7.08. The smallest absolute Gasteiger partial charge is 0.0911 e. The average Bonchev–Trinajstić information content (AvgIpc) is 2.21. The van der Waals surface area contributed by atoms with Gasteiger partial charge in [0.15, 0.2) is 0 Å². The first-order valence-corrected chi connectivity index (χ1v) is 6.14. The van der Waals surface area contributed by atoms with Gasteiger partial charge < -0.3 is 10.8 Å². The molecule has 1 saturated carbocycles. The molecule has 0 amide bonds. The Bertz CT molecular complexity index is 394. The fraction of sp³-hybridized carbons (Fsp3) is 0.538. The Morgan fingerprint density at radius 2 is 2.25 bits per heavy atom. The molecule has 3 heteroatoms. The molecule has 0 radical (unpaired) electrons. The molecule has 88 valence electrons. The van der Waals surface area contributed by atoms with E-state index in [1.54, 1.807) is 0 Å². The molecule has 1 aromatic rings. The molecule has 0 heterocycles. The van der Waals surface area contributed by atoms with Crippen LogP contribution in [0.1, 0.15) is 36.8 Å². The molecule has 16 heavy (non-hydrogen) atoms. The van der Waals surface area contributed by atoms with Crippen molar-refractivity contribution in [3.63, 3.8) is 0 Å². The Labute approximate surface area is 101 Å². The normalized spacial score (nSPS) is 30.4. The average molecular weight is 240 g/mol. The van der Waals surface area contributed by atoms with Gasteiger partial charge in [0.05, 0.1) is 5.60 Å². The third-order valence-corrected chi connectivity index (χ3v) is 3.88. The molecule has 0 saturated heterocycles. The Morgan fingerprint density at radius 3 is 2.88 bits per heavy atom. The lowest BCUT2D eigenvalue weighted by Crippen LogP contribution is -2.39. The molecule has 1 aliphatic rings. The van der Waals surface area contributed by atoms with E-state index in [2.05, 4.69) is 0 Å². The maximum atomic E-state index is 10.6. The van der Waals surface area contributed by atoms with Crippen molar-refractivity contribution < 1.29 is 5.11 Å². The standard InChI is InChI=1S/C13H18ClNO/c1-9-4-5-10(7-12(9)14)13(16)6-2-3-11(15)8-13/h4-5,7,11,16H,2-3,6,8,15H2,1H3. The monoisotopic (exact) mass is 239 g/mol. The van der Waals surface area contributed by atoms with Crippen molar-refractivity contribution in [3.8, 4) is 0 Å². The van der Waals surface area contributed by atoms with Gasteiger partial charge >= 0.3 is 0 Å². The van der Waals surface area contributed by atoms with Gasteiger partial charge in [-0.1, -0.05) is 23.7 Å². The second-order valence-electron chi connectivity index (χ2n) is 4.85. The number of aryl methyl sites for hydroxylation is 1. The van der Waals surface area contributed by atoms with Crippen LogP contribution in [0.25, 0.3) is 0 Å². The van der Waals surface area contributed by atoms with Gasteiger partial charge in [-0.3, -0.25) is 0 Å². The van der Waals surface area contributed by atoms with Gasteiger partial charge in [0, 0.05) is 11.1 Å². The number of aliphatic hydroxyl groups is 1. The number of benzene rings is 1. The lowest BCUT2D eigenvalue weighted by atomic mass is 9.77. The minimum Gasteiger partial charge on any atom is -0.385 e. The molecule has 1 aliphatic carbocycles. The van der Waals surface area contributed by atoms with Crippen LogP contribution in [-0.4, -0.2) is 11.1 Å². The largest absolute Gasteiger partial charge is 0.385 e. The molecule has 0 aliphatic heterocycles. The number of nitrogens with two attached hydrogens (primary N) is 1. The van der Waals surface area contributed by atoms with Crippen LogP contribution in [0.2, 0.25) is 5.02 Å². The predicted octanol–water partition coefficient (Wildman–Crippen LogP) is 2.74. The van der Waals surface area contributed by atoms with Gasteiger partial charge in [0.1, 0.15) is 0 Å². The Kier molecular flexibility index (Phi) is 3.24. The quantitative estimate of drug-likeness (QED) is 0.792.